The summed E-state index contributed by atoms with van der Waals surface area (Å²) in [6, 6.07) is 0. The predicted octanol–water partition coefficient (Wildman–Crippen LogP) is 26.1. The number of hydrogen-bond donors (Lipinski definition) is 0. The van der Waals surface area contributed by atoms with E-state index in [2.05, 4.69) is 27.7 Å². The van der Waals surface area contributed by atoms with Gasteiger partial charge in [0.2, 0.25) is 0 Å². The fraction of sp³-hybridized carbons (Fsp3) is 1.00. The molecule has 0 aliphatic heterocycles. The van der Waals surface area contributed by atoms with E-state index >= 15 is 0 Å². The van der Waals surface area contributed by atoms with E-state index in [9.17, 15) is 0 Å². The van der Waals surface area contributed by atoms with Gasteiger partial charge in [-0.25, -0.2) is 0 Å². The second-order valence-electron chi connectivity index (χ2n) is 24.7. The van der Waals surface area contributed by atoms with E-state index in [1.54, 1.807) is 0 Å². The Morgan fingerprint density at radius 1 is 0.113 bits per heavy atom. The minimum Gasteiger partial charge on any atom is -0.324 e. The minimum absolute atomic E-state index is 1.37. The molecule has 0 saturated carbocycles. The molecule has 1 nitrogen and oxygen atoms in total. The van der Waals surface area contributed by atoms with E-state index < -0.39 is 0 Å². The van der Waals surface area contributed by atoms with E-state index in [0.29, 0.717) is 0 Å². The van der Waals surface area contributed by atoms with Crippen LogP contribution in [0.4, 0.5) is 0 Å². The Bertz CT molecular complexity index is 810. The Morgan fingerprint density at radius 3 is 0.296 bits per heavy atom. The molecule has 0 aromatic heterocycles. The van der Waals surface area contributed by atoms with E-state index in [-0.39, 0.29) is 0 Å². The fourth-order valence-electron chi connectivity index (χ4n) is 12.3. The lowest BCUT2D eigenvalue weighted by Crippen LogP contribution is -2.50. The van der Waals surface area contributed by atoms with E-state index in [4.69, 9.17) is 0 Å². The second-order valence-corrected chi connectivity index (χ2v) is 24.7. The van der Waals surface area contributed by atoms with Crippen molar-refractivity contribution in [3.05, 3.63) is 0 Å². The van der Waals surface area contributed by atoms with Crippen LogP contribution in [0.3, 0.4) is 0 Å². The fourth-order valence-corrected chi connectivity index (χ4v) is 12.3. The molecule has 0 aliphatic carbocycles. The van der Waals surface area contributed by atoms with Gasteiger partial charge in [0.15, 0.2) is 0 Å². The van der Waals surface area contributed by atoms with Gasteiger partial charge >= 0.3 is 0 Å². The summed E-state index contributed by atoms with van der Waals surface area (Å²) in [6.07, 6.45) is 91.7. The zero-order valence-corrected chi connectivity index (χ0v) is 51.1. The summed E-state index contributed by atoms with van der Waals surface area (Å²) in [7, 11) is 0. The molecule has 0 aliphatic rings. The molecule has 1 heteroatoms. The van der Waals surface area contributed by atoms with Crippen LogP contribution in [0.15, 0.2) is 0 Å². The van der Waals surface area contributed by atoms with Crippen LogP contribution >= 0.6 is 0 Å². The third-order valence-electron chi connectivity index (χ3n) is 17.4. The molecule has 0 saturated heterocycles. The van der Waals surface area contributed by atoms with Crippen molar-refractivity contribution in [1.29, 1.82) is 0 Å². The largest absolute Gasteiger partial charge is 0.324 e. The second kappa shape index (κ2) is 64.2. The summed E-state index contributed by atoms with van der Waals surface area (Å²) >= 11 is 0. The van der Waals surface area contributed by atoms with Crippen LogP contribution in [0.2, 0.25) is 0 Å². The Hall–Kier alpha value is -0.0400. The van der Waals surface area contributed by atoms with Gasteiger partial charge in [-0.3, -0.25) is 0 Å². The zero-order chi connectivity index (χ0) is 51.2. The quantitative estimate of drug-likeness (QED) is 0.0421. The first-order valence-corrected chi connectivity index (χ1v) is 35.1. The van der Waals surface area contributed by atoms with Crippen molar-refractivity contribution in [3.63, 3.8) is 0 Å². The number of unbranched alkanes of at least 4 members (excludes halogenated alkanes) is 58. The summed E-state index contributed by atoms with van der Waals surface area (Å²) in [5, 5.41) is 0. The van der Waals surface area contributed by atoms with Crippen molar-refractivity contribution in [2.45, 2.75) is 426 Å². The molecule has 0 atom stereocenters. The molecule has 0 heterocycles. The highest BCUT2D eigenvalue weighted by molar-refractivity contribution is 4.58. The van der Waals surface area contributed by atoms with Gasteiger partial charge < -0.3 is 4.48 Å². The van der Waals surface area contributed by atoms with Crippen molar-refractivity contribution >= 4 is 0 Å². The predicted molar refractivity (Wildman–Crippen MR) is 329 cm³/mol. The van der Waals surface area contributed by atoms with E-state index in [1.165, 1.54) is 429 Å². The third-order valence-corrected chi connectivity index (χ3v) is 17.4. The molecule has 0 fully saturated rings. The van der Waals surface area contributed by atoms with Gasteiger partial charge in [-0.2, -0.15) is 0 Å². The molecule has 0 aromatic rings. The van der Waals surface area contributed by atoms with Crippen LogP contribution in [0.1, 0.15) is 426 Å². The Morgan fingerprint density at radius 2 is 0.197 bits per heavy atom. The summed E-state index contributed by atoms with van der Waals surface area (Å²) < 4.78 is 1.49. The molecule has 0 unspecified atom stereocenters. The lowest BCUT2D eigenvalue weighted by molar-refractivity contribution is -0.929. The molecule has 0 aromatic carbocycles. The van der Waals surface area contributed by atoms with Gasteiger partial charge in [-0.15, -0.1) is 0 Å². The van der Waals surface area contributed by atoms with Gasteiger partial charge in [-0.05, 0) is 51.4 Å². The monoisotopic (exact) mass is 999 g/mol. The molecule has 0 amide bonds. The maximum atomic E-state index is 2.33. The molecule has 0 N–H and O–H groups in total. The first kappa shape index (κ1) is 71.0. The molecule has 0 radical (unpaired) electrons. The van der Waals surface area contributed by atoms with Gasteiger partial charge in [0.25, 0.3) is 0 Å². The maximum Gasteiger partial charge on any atom is 0.0786 e. The number of nitrogens with zero attached hydrogens (tertiary/aromatic N) is 1. The zero-order valence-electron chi connectivity index (χ0n) is 51.1. The average molecular weight is 1000 g/mol. The third kappa shape index (κ3) is 59.1. The Labute approximate surface area is 454 Å². The lowest BCUT2D eigenvalue weighted by atomic mass is 10.0. The standard InChI is InChI=1S/C70H144N/c1-5-9-13-17-21-25-29-33-37-38-42-46-50-54-58-62-66-70-71(67-63-59-55-51-47-43-39-34-30-26-22-18-14-10-6-2,68-64-60-56-52-48-44-40-35-31-27-23-19-15-11-7-3)69-65-61-57-53-49-45-41-36-32-28-24-20-16-12-8-4/h5-70H2,1-4H3/q+1. The molecule has 0 rings (SSSR count). The minimum atomic E-state index is 1.37. The molecule has 0 bridgehead atoms. The van der Waals surface area contributed by atoms with Crippen molar-refractivity contribution in [1.82, 2.24) is 0 Å². The smallest absolute Gasteiger partial charge is 0.0786 e. The highest BCUT2D eigenvalue weighted by Crippen LogP contribution is 2.23. The summed E-state index contributed by atoms with van der Waals surface area (Å²) in [5.74, 6) is 0. The number of quaternary nitrogens is 1. The Balaban J connectivity index is 4.95. The summed E-state index contributed by atoms with van der Waals surface area (Å²) in [6.45, 7) is 15.3. The van der Waals surface area contributed by atoms with Crippen LogP contribution in [0.5, 0.6) is 0 Å². The first-order valence-electron chi connectivity index (χ1n) is 35.1. The van der Waals surface area contributed by atoms with E-state index in [1.807, 2.05) is 0 Å². The lowest BCUT2D eigenvalue weighted by Gasteiger charge is -2.40. The molecule has 0 spiro atoms. The summed E-state index contributed by atoms with van der Waals surface area (Å²) in [4.78, 5) is 0. The van der Waals surface area contributed by atoms with Crippen molar-refractivity contribution in [3.8, 4) is 0 Å². The normalized spacial score (nSPS) is 12.0. The van der Waals surface area contributed by atoms with Gasteiger partial charge in [0.1, 0.15) is 0 Å². The average Bonchev–Trinajstić information content (AvgIpc) is 3.38. The number of rotatable bonds is 66. The highest BCUT2D eigenvalue weighted by Gasteiger charge is 2.26. The SMILES string of the molecule is CCCCCCCCCCCCCCCCCCC[N+](CCCCCCCCCCCCCCCCC)(CCCCCCCCCCCCCCCCC)CCCCCCCCCCCCCCCCC. The molecule has 428 valence electrons. The molecular formula is C70H144N+. The molecular weight excluding hydrogens is 855 g/mol. The van der Waals surface area contributed by atoms with Crippen molar-refractivity contribution < 1.29 is 4.48 Å². The van der Waals surface area contributed by atoms with Crippen LogP contribution in [0.25, 0.3) is 0 Å². The summed E-state index contributed by atoms with van der Waals surface area (Å²) in [5.41, 5.74) is 0. The first-order chi connectivity index (χ1) is 35.2. The van der Waals surface area contributed by atoms with Gasteiger partial charge in [0, 0.05) is 0 Å². The van der Waals surface area contributed by atoms with E-state index in [0.717, 1.165) is 0 Å². The van der Waals surface area contributed by atoms with Gasteiger partial charge in [-0.1, -0.05) is 374 Å². The van der Waals surface area contributed by atoms with Crippen molar-refractivity contribution in [2.24, 2.45) is 0 Å². The highest BCUT2D eigenvalue weighted by atomic mass is 15.3. The topological polar surface area (TPSA) is 0 Å². The van der Waals surface area contributed by atoms with Crippen LogP contribution < -0.4 is 0 Å². The molecule has 71 heavy (non-hydrogen) atoms. The van der Waals surface area contributed by atoms with Crippen LogP contribution in [0, 0.1) is 0 Å². The van der Waals surface area contributed by atoms with Crippen LogP contribution in [-0.4, -0.2) is 30.7 Å². The Kier molecular flexibility index (Phi) is 64.2. The van der Waals surface area contributed by atoms with Gasteiger partial charge in [0.05, 0.1) is 26.2 Å². The van der Waals surface area contributed by atoms with Crippen LogP contribution in [-0.2, 0) is 0 Å². The maximum absolute atomic E-state index is 2.33. The van der Waals surface area contributed by atoms with Crippen molar-refractivity contribution in [2.75, 3.05) is 26.2 Å². The number of hydrogen-bond acceptors (Lipinski definition) is 0.